The lowest BCUT2D eigenvalue weighted by Gasteiger charge is -2.34. The second kappa shape index (κ2) is 9.33. The van der Waals surface area contributed by atoms with E-state index in [1.807, 2.05) is 29.2 Å². The molecule has 9 heteroatoms. The Morgan fingerprint density at radius 3 is 2.52 bits per heavy atom. The average molecular weight is 446 g/mol. The number of piperazine rings is 1. The Labute approximate surface area is 190 Å². The van der Waals surface area contributed by atoms with Crippen LogP contribution in [0.1, 0.15) is 11.4 Å². The van der Waals surface area contributed by atoms with Crippen LogP contribution in [0, 0.1) is 5.82 Å². The van der Waals surface area contributed by atoms with Crippen LogP contribution in [-0.4, -0.2) is 62.2 Å². The average Bonchev–Trinajstić information content (AvgIpc) is 3.31. The smallest absolute Gasteiger partial charge is 0.317 e. The topological polar surface area (TPSA) is 79.2 Å². The van der Waals surface area contributed by atoms with Gasteiger partial charge in [0.1, 0.15) is 5.82 Å². The maximum Gasteiger partial charge on any atom is 0.317 e. The predicted octanol–water partition coefficient (Wildman–Crippen LogP) is 2.98. The first kappa shape index (κ1) is 21.0. The maximum absolute atomic E-state index is 13.2. The van der Waals surface area contributed by atoms with Gasteiger partial charge in [0.25, 0.3) is 0 Å². The maximum atomic E-state index is 13.2. The molecule has 0 bridgehead atoms. The van der Waals surface area contributed by atoms with Gasteiger partial charge in [-0.3, -0.25) is 4.90 Å². The molecule has 0 unspecified atom stereocenters. The van der Waals surface area contributed by atoms with Gasteiger partial charge in [0.15, 0.2) is 5.82 Å². The number of carbonyl (C=O) groups excluding carboxylic acids is 1. The molecule has 2 amide bonds. The van der Waals surface area contributed by atoms with Crippen molar-refractivity contribution in [2.75, 3.05) is 26.2 Å². The molecule has 0 radical (unpaired) electrons. The molecule has 1 fully saturated rings. The number of tetrazole rings is 1. The summed E-state index contributed by atoms with van der Waals surface area (Å²) in [7, 11) is 0. The van der Waals surface area contributed by atoms with Crippen molar-refractivity contribution in [1.29, 1.82) is 0 Å². The summed E-state index contributed by atoms with van der Waals surface area (Å²) >= 11 is 0. The van der Waals surface area contributed by atoms with Crippen molar-refractivity contribution < 1.29 is 9.18 Å². The Bertz CT molecular complexity index is 1240. The van der Waals surface area contributed by atoms with Crippen molar-refractivity contribution in [2.24, 2.45) is 0 Å². The van der Waals surface area contributed by atoms with Crippen LogP contribution in [0.2, 0.25) is 0 Å². The molecule has 2 heterocycles. The van der Waals surface area contributed by atoms with Crippen molar-refractivity contribution in [3.63, 3.8) is 0 Å². The number of nitrogens with zero attached hydrogens (tertiary/aromatic N) is 6. The van der Waals surface area contributed by atoms with Gasteiger partial charge >= 0.3 is 6.03 Å². The van der Waals surface area contributed by atoms with Crippen LogP contribution in [0.4, 0.5) is 9.18 Å². The number of amides is 2. The summed E-state index contributed by atoms with van der Waals surface area (Å²) in [5.74, 6) is 0.374. The molecule has 4 aromatic rings. The van der Waals surface area contributed by atoms with E-state index >= 15 is 0 Å². The van der Waals surface area contributed by atoms with E-state index < -0.39 is 0 Å². The first-order chi connectivity index (χ1) is 16.2. The molecule has 33 heavy (non-hydrogen) atoms. The number of nitrogens with one attached hydrogen (secondary N) is 1. The third kappa shape index (κ3) is 4.68. The van der Waals surface area contributed by atoms with Crippen molar-refractivity contribution >= 4 is 16.8 Å². The monoisotopic (exact) mass is 445 g/mol. The summed E-state index contributed by atoms with van der Waals surface area (Å²) < 4.78 is 14.8. The number of hydrogen-bond donors (Lipinski definition) is 1. The fourth-order valence-electron chi connectivity index (χ4n) is 4.13. The lowest BCUT2D eigenvalue weighted by Crippen LogP contribution is -2.51. The van der Waals surface area contributed by atoms with Gasteiger partial charge in [-0.05, 0) is 51.0 Å². The number of halogens is 1. The Morgan fingerprint density at radius 1 is 0.939 bits per heavy atom. The summed E-state index contributed by atoms with van der Waals surface area (Å²) in [4.78, 5) is 16.8. The van der Waals surface area contributed by atoms with Gasteiger partial charge in [-0.2, -0.15) is 4.68 Å². The van der Waals surface area contributed by atoms with Crippen molar-refractivity contribution in [3.05, 3.63) is 83.9 Å². The lowest BCUT2D eigenvalue weighted by atomic mass is 10.0. The van der Waals surface area contributed by atoms with Crippen LogP contribution >= 0.6 is 0 Å². The minimum atomic E-state index is -0.303. The number of fused-ring (bicyclic) bond motifs is 1. The largest absolute Gasteiger partial charge is 0.334 e. The van der Waals surface area contributed by atoms with Crippen LogP contribution in [0.15, 0.2) is 66.7 Å². The van der Waals surface area contributed by atoms with Gasteiger partial charge in [-0.1, -0.05) is 42.5 Å². The van der Waals surface area contributed by atoms with Crippen LogP contribution in [0.25, 0.3) is 16.5 Å². The van der Waals surface area contributed by atoms with E-state index in [9.17, 15) is 9.18 Å². The minimum Gasteiger partial charge on any atom is -0.334 e. The van der Waals surface area contributed by atoms with Crippen molar-refractivity contribution in [2.45, 2.75) is 13.1 Å². The van der Waals surface area contributed by atoms with Gasteiger partial charge in [0.2, 0.25) is 0 Å². The molecule has 1 aliphatic rings. The summed E-state index contributed by atoms with van der Waals surface area (Å²) in [6, 6.07) is 20.3. The Kier molecular flexibility index (Phi) is 5.95. The first-order valence-corrected chi connectivity index (χ1v) is 10.9. The molecule has 1 aromatic heterocycles. The molecule has 8 nitrogen and oxygen atoms in total. The SMILES string of the molecule is O=C(NCc1cccc2ccccc12)N1CCN(Cc2nnnn2-c2ccc(F)cc2)CC1. The highest BCUT2D eigenvalue weighted by Gasteiger charge is 2.23. The number of urea groups is 1. The molecule has 0 atom stereocenters. The van der Waals surface area contributed by atoms with Crippen LogP contribution in [0.3, 0.4) is 0 Å². The quantitative estimate of drug-likeness (QED) is 0.511. The Balaban J connectivity index is 1.15. The Morgan fingerprint density at radius 2 is 1.70 bits per heavy atom. The summed E-state index contributed by atoms with van der Waals surface area (Å²) in [6.45, 7) is 3.73. The number of aromatic nitrogens is 4. The fraction of sp³-hybridized carbons (Fsp3) is 0.250. The zero-order chi connectivity index (χ0) is 22.6. The first-order valence-electron chi connectivity index (χ1n) is 10.9. The second-order valence-corrected chi connectivity index (χ2v) is 8.04. The minimum absolute atomic E-state index is 0.0567. The number of benzene rings is 3. The van der Waals surface area contributed by atoms with Crippen molar-refractivity contribution in [1.82, 2.24) is 35.3 Å². The number of carbonyl (C=O) groups is 1. The third-order valence-corrected chi connectivity index (χ3v) is 5.94. The molecule has 1 N–H and O–H groups in total. The molecular formula is C24H24FN7O. The number of hydrogen-bond acceptors (Lipinski definition) is 5. The van der Waals surface area contributed by atoms with Gasteiger partial charge in [-0.15, -0.1) is 5.10 Å². The van der Waals surface area contributed by atoms with Crippen molar-refractivity contribution in [3.8, 4) is 5.69 Å². The van der Waals surface area contributed by atoms with Gasteiger partial charge in [0.05, 0.1) is 12.2 Å². The fourth-order valence-corrected chi connectivity index (χ4v) is 4.13. The molecule has 168 valence electrons. The van der Waals surface area contributed by atoms with Gasteiger partial charge in [-0.25, -0.2) is 9.18 Å². The second-order valence-electron chi connectivity index (χ2n) is 8.04. The third-order valence-electron chi connectivity index (χ3n) is 5.94. The molecule has 5 rings (SSSR count). The number of rotatable bonds is 5. The summed E-state index contributed by atoms with van der Waals surface area (Å²) in [5.41, 5.74) is 1.82. The van der Waals surface area contributed by atoms with Crippen LogP contribution in [0.5, 0.6) is 0 Å². The standard InChI is InChI=1S/C24H24FN7O/c25-20-8-10-21(11-9-20)32-23(27-28-29-32)17-30-12-14-31(15-13-30)24(33)26-16-19-6-3-5-18-4-1-2-7-22(18)19/h1-11H,12-17H2,(H,26,33). The van der Waals surface area contributed by atoms with E-state index in [2.05, 4.69) is 43.9 Å². The summed E-state index contributed by atoms with van der Waals surface area (Å²) in [6.07, 6.45) is 0. The molecule has 0 spiro atoms. The predicted molar refractivity (Wildman–Crippen MR) is 122 cm³/mol. The normalized spacial score (nSPS) is 14.5. The lowest BCUT2D eigenvalue weighted by molar-refractivity contribution is 0.133. The highest BCUT2D eigenvalue weighted by Crippen LogP contribution is 2.18. The zero-order valence-electron chi connectivity index (χ0n) is 18.1. The molecule has 3 aromatic carbocycles. The van der Waals surface area contributed by atoms with E-state index in [0.29, 0.717) is 37.7 Å². The highest BCUT2D eigenvalue weighted by atomic mass is 19.1. The van der Waals surface area contributed by atoms with E-state index in [-0.39, 0.29) is 11.8 Å². The zero-order valence-corrected chi connectivity index (χ0v) is 18.1. The van der Waals surface area contributed by atoms with Crippen LogP contribution in [-0.2, 0) is 13.1 Å². The molecule has 1 aliphatic heterocycles. The molecular weight excluding hydrogens is 421 g/mol. The summed E-state index contributed by atoms with van der Waals surface area (Å²) in [5, 5.41) is 17.3. The highest BCUT2D eigenvalue weighted by molar-refractivity contribution is 5.86. The molecule has 0 aliphatic carbocycles. The molecule has 0 saturated carbocycles. The van der Waals surface area contributed by atoms with E-state index in [4.69, 9.17) is 0 Å². The van der Waals surface area contributed by atoms with E-state index in [1.165, 1.54) is 17.5 Å². The van der Waals surface area contributed by atoms with Gasteiger partial charge < -0.3 is 10.2 Å². The van der Waals surface area contributed by atoms with E-state index in [1.54, 1.807) is 16.8 Å². The van der Waals surface area contributed by atoms with Gasteiger partial charge in [0, 0.05) is 32.7 Å². The van der Waals surface area contributed by atoms with E-state index in [0.717, 1.165) is 24.0 Å². The van der Waals surface area contributed by atoms with Crippen LogP contribution < -0.4 is 5.32 Å². The Hall–Kier alpha value is -3.85. The molecule has 1 saturated heterocycles.